The van der Waals surface area contributed by atoms with Crippen molar-refractivity contribution in [2.24, 2.45) is 0 Å². The van der Waals surface area contributed by atoms with Crippen LogP contribution in [0.15, 0.2) is 0 Å². The van der Waals surface area contributed by atoms with Crippen molar-refractivity contribution in [2.45, 2.75) is 25.3 Å². The van der Waals surface area contributed by atoms with Crippen LogP contribution in [0.25, 0.3) is 0 Å². The van der Waals surface area contributed by atoms with Gasteiger partial charge in [0.1, 0.15) is 6.54 Å². The van der Waals surface area contributed by atoms with E-state index >= 15 is 0 Å². The Labute approximate surface area is 112 Å². The molecule has 7 nitrogen and oxygen atoms in total. The molecule has 0 aromatic carbocycles. The van der Waals surface area contributed by atoms with E-state index in [1.807, 2.05) is 11.9 Å². The zero-order chi connectivity index (χ0) is 14.5. The van der Waals surface area contributed by atoms with Gasteiger partial charge >= 0.3 is 5.97 Å². The lowest BCUT2D eigenvalue weighted by atomic mass is 10.2. The average Bonchev–Trinajstić information content (AvgIpc) is 2.67. The molecule has 0 radical (unpaired) electrons. The van der Waals surface area contributed by atoms with E-state index in [9.17, 15) is 18.0 Å². The number of aliphatic carboxylic acids is 1. The molecular formula is C11H20N2O5S. The van der Waals surface area contributed by atoms with E-state index in [1.165, 1.54) is 0 Å². The van der Waals surface area contributed by atoms with Crippen LogP contribution in [0.5, 0.6) is 0 Å². The van der Waals surface area contributed by atoms with Gasteiger partial charge < -0.3 is 15.3 Å². The summed E-state index contributed by atoms with van der Waals surface area (Å²) in [7, 11) is -1.04. The van der Waals surface area contributed by atoms with E-state index < -0.39 is 15.8 Å². The van der Waals surface area contributed by atoms with Crippen LogP contribution in [-0.4, -0.2) is 68.0 Å². The molecule has 1 amide bonds. The molecule has 0 aromatic rings. The molecule has 1 rings (SSSR count). The molecule has 8 heteroatoms. The second-order valence-corrected chi connectivity index (χ2v) is 7.04. The number of nitrogens with zero attached hydrogens (tertiary/aromatic N) is 1. The first-order valence-corrected chi connectivity index (χ1v) is 8.01. The maximum Gasteiger partial charge on any atom is 0.322 e. The maximum absolute atomic E-state index is 11.3. The second kappa shape index (κ2) is 6.85. The molecule has 0 spiro atoms. The highest BCUT2D eigenvalue weighted by Crippen LogP contribution is 2.16. The van der Waals surface area contributed by atoms with Gasteiger partial charge in [0.2, 0.25) is 5.91 Å². The molecule has 1 aliphatic heterocycles. The minimum Gasteiger partial charge on any atom is -0.480 e. The monoisotopic (exact) mass is 292 g/mol. The number of hydrogen-bond acceptors (Lipinski definition) is 5. The Morgan fingerprint density at radius 1 is 1.42 bits per heavy atom. The van der Waals surface area contributed by atoms with E-state index in [4.69, 9.17) is 5.11 Å². The lowest BCUT2D eigenvalue weighted by Crippen LogP contribution is -2.34. The van der Waals surface area contributed by atoms with Gasteiger partial charge in [0.15, 0.2) is 9.84 Å². The molecule has 110 valence electrons. The highest BCUT2D eigenvalue weighted by Gasteiger charge is 2.30. The number of amides is 1. The van der Waals surface area contributed by atoms with Crippen LogP contribution >= 0.6 is 0 Å². The van der Waals surface area contributed by atoms with Crippen molar-refractivity contribution in [1.29, 1.82) is 0 Å². The summed E-state index contributed by atoms with van der Waals surface area (Å²) in [5.74, 6) is -0.938. The van der Waals surface area contributed by atoms with Crippen molar-refractivity contribution in [3.63, 3.8) is 0 Å². The smallest absolute Gasteiger partial charge is 0.322 e. The van der Waals surface area contributed by atoms with E-state index in [0.29, 0.717) is 19.4 Å². The molecule has 1 aliphatic rings. The Morgan fingerprint density at radius 2 is 2.11 bits per heavy atom. The minimum atomic E-state index is -2.89. The van der Waals surface area contributed by atoms with Crippen molar-refractivity contribution >= 4 is 21.7 Å². The third-order valence-corrected chi connectivity index (χ3v) is 4.93. The standard InChI is InChI=1S/C11H20N2O5S/c1-13(9-4-6-19(17,18)8-9)5-2-3-10(14)12-7-11(15)16/h9H,2-8H2,1H3,(H,12,14)(H,15,16). The zero-order valence-electron chi connectivity index (χ0n) is 11.0. The minimum absolute atomic E-state index is 0.0343. The zero-order valence-corrected chi connectivity index (χ0v) is 11.8. The van der Waals surface area contributed by atoms with Crippen molar-refractivity contribution in [3.8, 4) is 0 Å². The first-order chi connectivity index (χ1) is 8.80. The number of nitrogens with one attached hydrogen (secondary N) is 1. The van der Waals surface area contributed by atoms with Gasteiger partial charge in [-0.1, -0.05) is 0 Å². The van der Waals surface area contributed by atoms with Gasteiger partial charge in [0.25, 0.3) is 0 Å². The third-order valence-electron chi connectivity index (χ3n) is 3.18. The Balaban J connectivity index is 2.19. The Bertz CT molecular complexity index is 434. The Kier molecular flexibility index (Phi) is 5.74. The number of sulfone groups is 1. The van der Waals surface area contributed by atoms with Crippen molar-refractivity contribution in [2.75, 3.05) is 31.6 Å². The van der Waals surface area contributed by atoms with Gasteiger partial charge in [0.05, 0.1) is 11.5 Å². The van der Waals surface area contributed by atoms with Crippen LogP contribution in [-0.2, 0) is 19.4 Å². The summed E-state index contributed by atoms with van der Waals surface area (Å²) in [5, 5.41) is 10.7. The fourth-order valence-electron chi connectivity index (χ4n) is 2.06. The number of carboxylic acid groups (broad SMARTS) is 1. The molecule has 1 unspecified atom stereocenters. The van der Waals surface area contributed by atoms with Crippen LogP contribution < -0.4 is 5.32 Å². The SMILES string of the molecule is CN(CCCC(=O)NCC(=O)O)C1CCS(=O)(=O)C1. The van der Waals surface area contributed by atoms with E-state index in [-0.39, 0.29) is 36.4 Å². The quantitative estimate of drug-likeness (QED) is 0.629. The van der Waals surface area contributed by atoms with Crippen LogP contribution in [0.1, 0.15) is 19.3 Å². The summed E-state index contributed by atoms with van der Waals surface area (Å²) in [6.45, 7) is 0.260. The number of carbonyl (C=O) groups excluding carboxylic acids is 1. The van der Waals surface area contributed by atoms with Crippen LogP contribution in [0, 0.1) is 0 Å². The average molecular weight is 292 g/mol. The van der Waals surface area contributed by atoms with Gasteiger partial charge in [-0.2, -0.15) is 0 Å². The summed E-state index contributed by atoms with van der Waals surface area (Å²) >= 11 is 0. The first-order valence-electron chi connectivity index (χ1n) is 6.19. The van der Waals surface area contributed by atoms with Crippen LogP contribution in [0.3, 0.4) is 0 Å². The lowest BCUT2D eigenvalue weighted by molar-refractivity contribution is -0.137. The fourth-order valence-corrected chi connectivity index (χ4v) is 3.86. The van der Waals surface area contributed by atoms with Crippen LogP contribution in [0.2, 0.25) is 0 Å². The summed E-state index contributed by atoms with van der Waals surface area (Å²) in [6.07, 6.45) is 1.47. The normalized spacial score (nSPS) is 21.5. The molecule has 1 heterocycles. The van der Waals surface area contributed by atoms with Gasteiger partial charge in [-0.25, -0.2) is 8.42 Å². The molecule has 19 heavy (non-hydrogen) atoms. The van der Waals surface area contributed by atoms with Gasteiger partial charge in [-0.3, -0.25) is 9.59 Å². The molecule has 2 N–H and O–H groups in total. The summed E-state index contributed by atoms with van der Waals surface area (Å²) < 4.78 is 22.7. The van der Waals surface area contributed by atoms with Crippen molar-refractivity contribution < 1.29 is 23.1 Å². The largest absolute Gasteiger partial charge is 0.480 e. The second-order valence-electron chi connectivity index (χ2n) is 4.81. The maximum atomic E-state index is 11.3. The summed E-state index contributed by atoms with van der Waals surface area (Å²) in [6, 6.07) is 0.0343. The van der Waals surface area contributed by atoms with Crippen molar-refractivity contribution in [1.82, 2.24) is 10.2 Å². The Morgan fingerprint density at radius 3 is 2.63 bits per heavy atom. The lowest BCUT2D eigenvalue weighted by Gasteiger charge is -2.22. The number of rotatable bonds is 7. The molecule has 0 saturated carbocycles. The number of hydrogen-bond donors (Lipinski definition) is 2. The predicted octanol–water partition coefficient (Wildman–Crippen LogP) is -0.914. The van der Waals surface area contributed by atoms with Gasteiger partial charge in [-0.05, 0) is 26.4 Å². The fraction of sp³-hybridized carbons (Fsp3) is 0.818. The van der Waals surface area contributed by atoms with E-state index in [2.05, 4.69) is 5.32 Å². The molecular weight excluding hydrogens is 272 g/mol. The van der Waals surface area contributed by atoms with Gasteiger partial charge in [0, 0.05) is 12.5 Å². The summed E-state index contributed by atoms with van der Waals surface area (Å²) in [4.78, 5) is 23.5. The highest BCUT2D eigenvalue weighted by atomic mass is 32.2. The van der Waals surface area contributed by atoms with Crippen LogP contribution in [0.4, 0.5) is 0 Å². The number of carboxylic acids is 1. The van der Waals surface area contributed by atoms with E-state index in [0.717, 1.165) is 0 Å². The van der Waals surface area contributed by atoms with E-state index in [1.54, 1.807) is 0 Å². The molecule has 0 aromatic heterocycles. The van der Waals surface area contributed by atoms with Gasteiger partial charge in [-0.15, -0.1) is 0 Å². The number of carbonyl (C=O) groups is 2. The molecule has 1 saturated heterocycles. The third kappa shape index (κ3) is 6.02. The molecule has 0 bridgehead atoms. The van der Waals surface area contributed by atoms with Crippen molar-refractivity contribution in [3.05, 3.63) is 0 Å². The highest BCUT2D eigenvalue weighted by molar-refractivity contribution is 7.91. The topological polar surface area (TPSA) is 104 Å². The first kappa shape index (κ1) is 15.9. The molecule has 1 fully saturated rings. The predicted molar refractivity (Wildman–Crippen MR) is 69.6 cm³/mol. The molecule has 1 atom stereocenters. The molecule has 0 aliphatic carbocycles. The summed E-state index contributed by atoms with van der Waals surface area (Å²) in [5.41, 5.74) is 0. The Hall–Kier alpha value is -1.15.